The van der Waals surface area contributed by atoms with E-state index in [2.05, 4.69) is 5.32 Å². The molecule has 2 saturated heterocycles. The molecule has 9 nitrogen and oxygen atoms in total. The molecule has 0 aromatic carbocycles. The van der Waals surface area contributed by atoms with Crippen molar-refractivity contribution in [3.05, 3.63) is 0 Å². The average molecular weight is 377 g/mol. The van der Waals surface area contributed by atoms with E-state index >= 15 is 0 Å². The van der Waals surface area contributed by atoms with E-state index in [1.54, 1.807) is 7.05 Å². The number of aliphatic hydroxyl groups excluding tert-OH is 4. The zero-order chi connectivity index (χ0) is 19.3. The number of likely N-dealkylation sites (N-methyl/N-ethyl adjacent to an activating group) is 1. The minimum absolute atomic E-state index is 0.00344. The Kier molecular flexibility index (Phi) is 8.37. The molecule has 2 aliphatic heterocycles. The number of ether oxygens (including phenoxy) is 3. The monoisotopic (exact) mass is 377 g/mol. The maximum atomic E-state index is 11.1. The van der Waals surface area contributed by atoms with Gasteiger partial charge in [0, 0.05) is 12.3 Å². The van der Waals surface area contributed by atoms with Gasteiger partial charge in [-0.25, -0.2) is 0 Å². The van der Waals surface area contributed by atoms with Crippen LogP contribution in [0.1, 0.15) is 19.8 Å². The van der Waals surface area contributed by atoms with E-state index in [9.17, 15) is 25.2 Å². The van der Waals surface area contributed by atoms with Crippen LogP contribution in [0.25, 0.3) is 0 Å². The van der Waals surface area contributed by atoms with E-state index in [-0.39, 0.29) is 32.2 Å². The highest BCUT2D eigenvalue weighted by Crippen LogP contribution is 2.31. The first-order valence-electron chi connectivity index (χ1n) is 9.13. The molecular weight excluding hydrogens is 346 g/mol. The normalized spacial score (nSPS) is 44.5. The van der Waals surface area contributed by atoms with Crippen molar-refractivity contribution in [1.29, 1.82) is 0 Å². The maximum absolute atomic E-state index is 11.1. The lowest BCUT2D eigenvalue weighted by molar-refractivity contribution is -0.282. The van der Waals surface area contributed by atoms with Gasteiger partial charge in [-0.05, 0) is 13.5 Å². The highest BCUT2D eigenvalue weighted by atomic mass is 16.7. The molecule has 2 heterocycles. The lowest BCUT2D eigenvalue weighted by Gasteiger charge is -2.45. The summed E-state index contributed by atoms with van der Waals surface area (Å²) in [6.07, 6.45) is -3.37. The van der Waals surface area contributed by atoms with Gasteiger partial charge in [0.05, 0.1) is 56.2 Å². The van der Waals surface area contributed by atoms with Crippen molar-refractivity contribution >= 4 is 6.29 Å². The third kappa shape index (κ3) is 4.60. The Hall–Kier alpha value is -0.650. The lowest BCUT2D eigenvalue weighted by Crippen LogP contribution is -2.61. The van der Waals surface area contributed by atoms with Gasteiger partial charge in [-0.1, -0.05) is 6.92 Å². The van der Waals surface area contributed by atoms with Gasteiger partial charge in [0.25, 0.3) is 0 Å². The summed E-state index contributed by atoms with van der Waals surface area (Å²) in [4.78, 5) is 11.1. The predicted molar refractivity (Wildman–Crippen MR) is 90.3 cm³/mol. The highest BCUT2D eigenvalue weighted by Gasteiger charge is 2.46. The van der Waals surface area contributed by atoms with Gasteiger partial charge in [0.1, 0.15) is 12.4 Å². The van der Waals surface area contributed by atoms with Crippen molar-refractivity contribution in [1.82, 2.24) is 5.32 Å². The molecule has 152 valence electrons. The van der Waals surface area contributed by atoms with Crippen LogP contribution in [0.5, 0.6) is 0 Å². The second-order valence-corrected chi connectivity index (χ2v) is 6.93. The summed E-state index contributed by atoms with van der Waals surface area (Å²) >= 11 is 0. The molecular formula is C17H31NO8. The van der Waals surface area contributed by atoms with Crippen LogP contribution in [0.2, 0.25) is 0 Å². The van der Waals surface area contributed by atoms with Crippen molar-refractivity contribution < 1.29 is 39.4 Å². The van der Waals surface area contributed by atoms with Gasteiger partial charge in [0.15, 0.2) is 6.29 Å². The Bertz CT molecular complexity index is 439. The smallest absolute Gasteiger partial charge is 0.176 e. The van der Waals surface area contributed by atoms with Gasteiger partial charge in [-0.15, -0.1) is 0 Å². The number of aldehydes is 1. The van der Waals surface area contributed by atoms with Crippen molar-refractivity contribution in [2.75, 3.05) is 26.9 Å². The third-order valence-corrected chi connectivity index (χ3v) is 5.42. The summed E-state index contributed by atoms with van der Waals surface area (Å²) in [6, 6.07) is -0.552. The molecule has 5 N–H and O–H groups in total. The molecule has 0 aromatic rings. The van der Waals surface area contributed by atoms with Crippen LogP contribution in [-0.4, -0.2) is 96.4 Å². The number of aliphatic hydroxyl groups is 4. The molecule has 9 atom stereocenters. The minimum atomic E-state index is -0.965. The van der Waals surface area contributed by atoms with Crippen LogP contribution in [0, 0.1) is 11.8 Å². The fourth-order valence-electron chi connectivity index (χ4n) is 3.74. The SMILES string of the molecule is CC[C@@H]1C(CO)O[C@@H](OC2CC(O)[C@H](C=O)CO[C@@H]2CO)C(NC)C1O. The molecule has 0 spiro atoms. The molecule has 0 aromatic heterocycles. The van der Waals surface area contributed by atoms with Crippen molar-refractivity contribution in [3.63, 3.8) is 0 Å². The Morgan fingerprint density at radius 3 is 2.46 bits per heavy atom. The van der Waals surface area contributed by atoms with Gasteiger partial charge < -0.3 is 44.7 Å². The predicted octanol–water partition coefficient (Wildman–Crippen LogP) is -1.98. The molecule has 9 heteroatoms. The maximum Gasteiger partial charge on any atom is 0.176 e. The van der Waals surface area contributed by atoms with E-state index in [0.29, 0.717) is 12.7 Å². The molecule has 2 rings (SSSR count). The fourth-order valence-corrected chi connectivity index (χ4v) is 3.74. The van der Waals surface area contributed by atoms with Crippen LogP contribution < -0.4 is 5.32 Å². The summed E-state index contributed by atoms with van der Waals surface area (Å²) in [5.41, 5.74) is 0. The summed E-state index contributed by atoms with van der Waals surface area (Å²) in [5, 5.41) is 43.0. The summed E-state index contributed by atoms with van der Waals surface area (Å²) in [7, 11) is 1.67. The Morgan fingerprint density at radius 2 is 1.92 bits per heavy atom. The minimum Gasteiger partial charge on any atom is -0.394 e. The van der Waals surface area contributed by atoms with Gasteiger partial charge in [-0.2, -0.15) is 0 Å². The molecule has 0 bridgehead atoms. The van der Waals surface area contributed by atoms with Gasteiger partial charge in [0.2, 0.25) is 0 Å². The molecule has 5 unspecified atom stereocenters. The standard InChI is InChI=1S/C17H31NO8/c1-3-10-13(6-20)26-17(15(18-2)16(10)23)25-12-4-11(22)9(5-19)8-24-14(12)7-21/h5,9-18,20-23H,3-4,6-8H2,1-2H3/t9-,10-,11?,12?,13?,14-,15?,16?,17-/m1/s1. The highest BCUT2D eigenvalue weighted by molar-refractivity contribution is 5.54. The number of nitrogens with one attached hydrogen (secondary N) is 1. The van der Waals surface area contributed by atoms with E-state index in [0.717, 1.165) is 0 Å². The van der Waals surface area contributed by atoms with E-state index in [4.69, 9.17) is 14.2 Å². The summed E-state index contributed by atoms with van der Waals surface area (Å²) in [6.45, 7) is 1.30. The fraction of sp³-hybridized carbons (Fsp3) is 0.941. The number of carbonyl (C=O) groups is 1. The second-order valence-electron chi connectivity index (χ2n) is 6.93. The number of rotatable bonds is 7. The first-order chi connectivity index (χ1) is 12.5. The molecule has 0 amide bonds. The van der Waals surface area contributed by atoms with Crippen LogP contribution in [0.15, 0.2) is 0 Å². The Morgan fingerprint density at radius 1 is 1.23 bits per heavy atom. The summed E-state index contributed by atoms with van der Waals surface area (Å²) in [5.74, 6) is -0.938. The van der Waals surface area contributed by atoms with Crippen molar-refractivity contribution in [2.45, 2.75) is 62.6 Å². The zero-order valence-electron chi connectivity index (χ0n) is 15.2. The van der Waals surface area contributed by atoms with Crippen LogP contribution in [-0.2, 0) is 19.0 Å². The van der Waals surface area contributed by atoms with E-state index in [1.807, 2.05) is 6.92 Å². The Balaban J connectivity index is 2.15. The topological polar surface area (TPSA) is 138 Å². The molecule has 0 saturated carbocycles. The van der Waals surface area contributed by atoms with E-state index < -0.39 is 48.8 Å². The van der Waals surface area contributed by atoms with Crippen LogP contribution in [0.4, 0.5) is 0 Å². The first kappa shape index (κ1) is 21.6. The number of hydrogen-bond acceptors (Lipinski definition) is 9. The van der Waals surface area contributed by atoms with Crippen LogP contribution >= 0.6 is 0 Å². The van der Waals surface area contributed by atoms with Crippen molar-refractivity contribution in [2.24, 2.45) is 11.8 Å². The first-order valence-corrected chi connectivity index (χ1v) is 9.13. The molecule has 0 radical (unpaired) electrons. The average Bonchev–Trinajstić information content (AvgIpc) is 2.79. The van der Waals surface area contributed by atoms with Crippen molar-refractivity contribution in [3.8, 4) is 0 Å². The van der Waals surface area contributed by atoms with Crippen LogP contribution in [0.3, 0.4) is 0 Å². The quantitative estimate of drug-likeness (QED) is 0.320. The largest absolute Gasteiger partial charge is 0.394 e. The van der Waals surface area contributed by atoms with E-state index in [1.165, 1.54) is 0 Å². The molecule has 0 aliphatic carbocycles. The molecule has 2 fully saturated rings. The summed E-state index contributed by atoms with van der Waals surface area (Å²) < 4.78 is 17.3. The third-order valence-electron chi connectivity index (χ3n) is 5.42. The van der Waals surface area contributed by atoms with Gasteiger partial charge in [-0.3, -0.25) is 0 Å². The van der Waals surface area contributed by atoms with Gasteiger partial charge >= 0.3 is 0 Å². The number of hydrogen-bond donors (Lipinski definition) is 5. The molecule has 2 aliphatic rings. The number of carbonyl (C=O) groups excluding carboxylic acids is 1. The molecule has 26 heavy (non-hydrogen) atoms. The Labute approximate surface area is 153 Å². The second kappa shape index (κ2) is 10.0. The zero-order valence-corrected chi connectivity index (χ0v) is 15.2. The lowest BCUT2D eigenvalue weighted by atomic mass is 9.86.